The smallest absolute Gasteiger partial charge is 0.281 e. The fourth-order valence-electron chi connectivity index (χ4n) is 4.55. The maximum atomic E-state index is 13.1. The third-order valence-electron chi connectivity index (χ3n) is 6.18. The number of hydrogen-bond acceptors (Lipinski definition) is 8. The number of carbonyl (C=O) groups excluding carboxylic acids is 1. The van der Waals surface area contributed by atoms with E-state index in [9.17, 15) is 40.7 Å². The van der Waals surface area contributed by atoms with Gasteiger partial charge in [0.1, 0.15) is 16.9 Å². The highest BCUT2D eigenvalue weighted by Crippen LogP contribution is 2.46. The first kappa shape index (κ1) is 27.2. The molecule has 0 amide bonds. The minimum atomic E-state index is -0.743. The zero-order valence-electron chi connectivity index (χ0n) is 20.5. The van der Waals surface area contributed by atoms with Crippen molar-refractivity contribution in [1.29, 1.82) is 10.5 Å². The number of nitriles is 2. The molecule has 0 fully saturated rings. The Kier molecular flexibility index (Phi) is 7.18. The van der Waals surface area contributed by atoms with Gasteiger partial charge in [-0.3, -0.25) is 25.0 Å². The summed E-state index contributed by atoms with van der Waals surface area (Å²) in [6.07, 6.45) is 6.70. The molecular formula is C29H12N6O6. The van der Waals surface area contributed by atoms with Crippen LogP contribution in [0.25, 0.3) is 26.6 Å². The molecule has 2 aliphatic carbocycles. The number of hydrogen-bond donors (Lipinski definition) is 1. The van der Waals surface area contributed by atoms with E-state index in [2.05, 4.69) is 9.69 Å². The number of benzene rings is 2. The molecule has 0 saturated heterocycles. The molecule has 0 atom stereocenters. The molecule has 2 aromatic carbocycles. The Morgan fingerprint density at radius 3 is 1.93 bits per heavy atom. The van der Waals surface area contributed by atoms with E-state index in [0.29, 0.717) is 0 Å². The number of nitro benzene ring substituents is 2. The third kappa shape index (κ3) is 4.42. The fourth-order valence-corrected chi connectivity index (χ4v) is 4.55. The van der Waals surface area contributed by atoms with Gasteiger partial charge in [0.15, 0.2) is 5.78 Å². The number of nitro groups is 2. The van der Waals surface area contributed by atoms with Crippen LogP contribution in [0.4, 0.5) is 11.4 Å². The molecule has 2 aliphatic rings. The molecule has 12 heteroatoms. The van der Waals surface area contributed by atoms with Crippen molar-refractivity contribution < 1.29 is 19.7 Å². The van der Waals surface area contributed by atoms with Crippen molar-refractivity contribution in [2.24, 2.45) is 0 Å². The van der Waals surface area contributed by atoms with Gasteiger partial charge in [0.2, 0.25) is 0 Å². The van der Waals surface area contributed by atoms with E-state index in [-0.39, 0.29) is 44.5 Å². The summed E-state index contributed by atoms with van der Waals surface area (Å²) < 4.78 is 0. The van der Waals surface area contributed by atoms with Crippen LogP contribution in [0.3, 0.4) is 0 Å². The largest absolute Gasteiger partial charge is 0.506 e. The lowest BCUT2D eigenvalue weighted by Gasteiger charge is -2.03. The lowest BCUT2D eigenvalue weighted by molar-refractivity contribution is -0.385. The van der Waals surface area contributed by atoms with Gasteiger partial charge in [-0.05, 0) is 11.1 Å². The fraction of sp³-hybridized carbons (Fsp3) is 0. The van der Waals surface area contributed by atoms with Crippen LogP contribution in [0.5, 0.6) is 0 Å². The molecule has 0 aliphatic heterocycles. The molecule has 0 heterocycles. The summed E-state index contributed by atoms with van der Waals surface area (Å²) in [6, 6.07) is 11.3. The Morgan fingerprint density at radius 1 is 0.854 bits per heavy atom. The number of carbonyl (C=O) groups is 1. The summed E-state index contributed by atoms with van der Waals surface area (Å²) in [4.78, 5) is 41.1. The van der Waals surface area contributed by atoms with Gasteiger partial charge in [-0.25, -0.2) is 20.2 Å². The summed E-state index contributed by atoms with van der Waals surface area (Å²) in [7, 11) is 0. The molecule has 2 aromatic rings. The average molecular weight is 540 g/mol. The minimum absolute atomic E-state index is 0.0105. The second-order valence-corrected chi connectivity index (χ2v) is 8.22. The van der Waals surface area contributed by atoms with Crippen molar-refractivity contribution in [2.75, 3.05) is 0 Å². The minimum Gasteiger partial charge on any atom is -0.506 e. The van der Waals surface area contributed by atoms with Crippen LogP contribution < -0.4 is 0 Å². The van der Waals surface area contributed by atoms with Gasteiger partial charge in [-0.15, -0.1) is 0 Å². The van der Waals surface area contributed by atoms with Crippen LogP contribution in [0.1, 0.15) is 27.0 Å². The van der Waals surface area contributed by atoms with Gasteiger partial charge in [-0.1, -0.05) is 54.6 Å². The molecule has 0 unspecified atom stereocenters. The summed E-state index contributed by atoms with van der Waals surface area (Å²) >= 11 is 0. The second-order valence-electron chi connectivity index (χ2n) is 8.22. The number of allylic oxidation sites excluding steroid dienone is 11. The van der Waals surface area contributed by atoms with Gasteiger partial charge < -0.3 is 5.11 Å². The van der Waals surface area contributed by atoms with Crippen molar-refractivity contribution in [2.45, 2.75) is 0 Å². The standard InChI is InChI=1S/C29H12N6O6/c1-32-20(14-30)24-16-10-6-12-22(34(38)39)26(16)28(36)18(24)8-4-3-5-9-19-25(21(15-31)33-2)17-11-7-13-23(35(40)41)27(17)29(19)37/h3-13,36H/b5-3?,8-4?,19-9?,24-20-,25-21+. The highest BCUT2D eigenvalue weighted by Gasteiger charge is 2.37. The second kappa shape index (κ2) is 10.8. The predicted octanol–water partition coefficient (Wildman–Crippen LogP) is 6.03. The molecule has 1 N–H and O–H groups in total. The molecule has 12 nitrogen and oxygen atoms in total. The van der Waals surface area contributed by atoms with E-state index in [0.717, 1.165) is 6.07 Å². The zero-order valence-corrected chi connectivity index (χ0v) is 20.5. The van der Waals surface area contributed by atoms with Gasteiger partial charge in [0.05, 0.1) is 35.1 Å². The molecule has 0 saturated carbocycles. The van der Waals surface area contributed by atoms with Crippen molar-refractivity contribution in [1.82, 2.24) is 0 Å². The van der Waals surface area contributed by atoms with E-state index in [1.54, 1.807) is 12.1 Å². The number of ketones is 1. The Balaban J connectivity index is 1.79. The van der Waals surface area contributed by atoms with Crippen LogP contribution in [-0.4, -0.2) is 20.7 Å². The summed E-state index contributed by atoms with van der Waals surface area (Å²) in [5.74, 6) is -1.25. The average Bonchev–Trinajstić information content (AvgIpc) is 3.41. The van der Waals surface area contributed by atoms with E-state index < -0.39 is 44.2 Å². The van der Waals surface area contributed by atoms with Gasteiger partial charge in [-0.2, -0.15) is 0 Å². The van der Waals surface area contributed by atoms with Gasteiger partial charge >= 0.3 is 0 Å². The maximum Gasteiger partial charge on any atom is 0.281 e. The van der Waals surface area contributed by atoms with E-state index in [1.165, 1.54) is 60.7 Å². The zero-order chi connectivity index (χ0) is 29.8. The van der Waals surface area contributed by atoms with Gasteiger partial charge in [0.25, 0.3) is 22.8 Å². The third-order valence-corrected chi connectivity index (χ3v) is 6.18. The highest BCUT2D eigenvalue weighted by atomic mass is 16.6. The quantitative estimate of drug-likeness (QED) is 0.119. The van der Waals surface area contributed by atoms with Crippen molar-refractivity contribution in [3.63, 3.8) is 0 Å². The summed E-state index contributed by atoms with van der Waals surface area (Å²) in [5, 5.41) is 52.8. The molecule has 0 spiro atoms. The first-order valence-corrected chi connectivity index (χ1v) is 11.3. The molecule has 0 bridgehead atoms. The van der Waals surface area contributed by atoms with Gasteiger partial charge in [0, 0.05) is 34.4 Å². The Labute approximate surface area is 231 Å². The SMILES string of the molecule is [C-]#[N+]/C(C#N)=C1\C(C=CC=CC=C2C(=O)c3c(cccc3[N+](=O)[O-])/C2=C(/C#N)[N+]#[C-])=C(O)c2c1cccc2[N+](=O)[O-]. The van der Waals surface area contributed by atoms with Crippen molar-refractivity contribution in [3.8, 4) is 12.1 Å². The Morgan fingerprint density at radius 2 is 1.39 bits per heavy atom. The number of fused-ring (bicyclic) bond motifs is 2. The first-order chi connectivity index (χ1) is 19.7. The predicted molar refractivity (Wildman–Crippen MR) is 145 cm³/mol. The molecule has 0 radical (unpaired) electrons. The first-order valence-electron chi connectivity index (χ1n) is 11.3. The number of aliphatic hydroxyl groups is 1. The van der Waals surface area contributed by atoms with E-state index in [1.807, 2.05) is 0 Å². The lowest BCUT2D eigenvalue weighted by Crippen LogP contribution is -2.00. The topological polar surface area (TPSA) is 180 Å². The summed E-state index contributed by atoms with van der Waals surface area (Å²) in [5.41, 5.74) is -2.00. The molecular weight excluding hydrogens is 528 g/mol. The van der Waals surface area contributed by atoms with Crippen LogP contribution in [0, 0.1) is 56.0 Å². The highest BCUT2D eigenvalue weighted by molar-refractivity contribution is 6.29. The molecule has 4 rings (SSSR count). The van der Waals surface area contributed by atoms with Crippen LogP contribution in [0.15, 0.2) is 89.3 Å². The van der Waals surface area contributed by atoms with Crippen LogP contribution >= 0.6 is 0 Å². The van der Waals surface area contributed by atoms with Crippen molar-refractivity contribution in [3.05, 3.63) is 155 Å². The number of rotatable bonds is 5. The maximum absolute atomic E-state index is 13.1. The van der Waals surface area contributed by atoms with Crippen LogP contribution in [0.2, 0.25) is 0 Å². The monoisotopic (exact) mass is 540 g/mol. The van der Waals surface area contributed by atoms with E-state index >= 15 is 0 Å². The number of Topliss-reactive ketones (excluding diaryl/α,β-unsaturated/α-hetero) is 1. The van der Waals surface area contributed by atoms with Crippen molar-refractivity contribution >= 4 is 34.1 Å². The van der Waals surface area contributed by atoms with Crippen LogP contribution in [-0.2, 0) is 0 Å². The number of nitrogens with zero attached hydrogens (tertiary/aromatic N) is 6. The molecule has 41 heavy (non-hydrogen) atoms. The Bertz CT molecular complexity index is 1930. The molecule has 0 aromatic heterocycles. The summed E-state index contributed by atoms with van der Waals surface area (Å²) in [6.45, 7) is 14.7. The van der Waals surface area contributed by atoms with E-state index in [4.69, 9.17) is 13.1 Å². The number of aliphatic hydroxyl groups excluding tert-OH is 1. The normalized spacial score (nSPS) is 17.1. The molecule has 194 valence electrons. The Hall–Kier alpha value is -6.89. The lowest BCUT2D eigenvalue weighted by atomic mass is 10.00.